The van der Waals surface area contributed by atoms with Gasteiger partial charge in [0.25, 0.3) is 0 Å². The molecule has 0 aromatic carbocycles. The van der Waals surface area contributed by atoms with Crippen LogP contribution in [0.1, 0.15) is 78.1 Å². The molecule has 6 aliphatic carbocycles. The van der Waals surface area contributed by atoms with Crippen molar-refractivity contribution in [3.05, 3.63) is 11.6 Å². The zero-order chi connectivity index (χ0) is 24.5. The van der Waals surface area contributed by atoms with Crippen LogP contribution in [0.5, 0.6) is 0 Å². The molecule has 0 aromatic rings. The SMILES string of the molecule is C[C@H]1CC2O[C@@]34CC[C@H]5[C@@H]6CC=C7CC(O)CC[C@]7(C)[C@H]6CC56CC63C[C@@H]4[C@@H]2N(CCOCCO)C1. The fourth-order valence-electron chi connectivity index (χ4n) is 12.5. The number of rotatable bonds is 5. The van der Waals surface area contributed by atoms with E-state index in [1.165, 1.54) is 57.9 Å². The summed E-state index contributed by atoms with van der Waals surface area (Å²) in [5.41, 5.74) is 3.10. The van der Waals surface area contributed by atoms with E-state index in [1.54, 1.807) is 5.57 Å². The second-order valence-corrected chi connectivity index (χ2v) is 14.8. The van der Waals surface area contributed by atoms with Crippen molar-refractivity contribution in [3.8, 4) is 0 Å². The number of piperidine rings is 1. The van der Waals surface area contributed by atoms with Crippen LogP contribution in [0.2, 0.25) is 0 Å². The first-order valence-corrected chi connectivity index (χ1v) is 15.4. The van der Waals surface area contributed by atoms with Gasteiger partial charge in [0, 0.05) is 30.5 Å². The third kappa shape index (κ3) is 2.66. The largest absolute Gasteiger partial charge is 0.394 e. The average molecular weight is 498 g/mol. The normalized spacial score (nSPS) is 58.3. The smallest absolute Gasteiger partial charge is 0.0793 e. The second-order valence-electron chi connectivity index (χ2n) is 14.8. The molecule has 0 amide bonds. The fourth-order valence-corrected chi connectivity index (χ4v) is 12.5. The van der Waals surface area contributed by atoms with Crippen molar-refractivity contribution < 1.29 is 19.7 Å². The van der Waals surface area contributed by atoms with Crippen molar-refractivity contribution in [1.82, 2.24) is 4.90 Å². The van der Waals surface area contributed by atoms with Gasteiger partial charge in [-0.3, -0.25) is 4.90 Å². The molecule has 36 heavy (non-hydrogen) atoms. The number of aliphatic hydroxyl groups is 2. The van der Waals surface area contributed by atoms with Crippen molar-refractivity contribution in [2.24, 2.45) is 45.8 Å². The summed E-state index contributed by atoms with van der Waals surface area (Å²) in [5, 5.41) is 19.5. The minimum atomic E-state index is -0.111. The number of fused-ring (bicyclic) bond motifs is 6. The molecule has 0 bridgehead atoms. The summed E-state index contributed by atoms with van der Waals surface area (Å²) < 4.78 is 13.1. The lowest BCUT2D eigenvalue weighted by Gasteiger charge is -2.60. The zero-order valence-corrected chi connectivity index (χ0v) is 22.5. The van der Waals surface area contributed by atoms with Gasteiger partial charge in [0.15, 0.2) is 0 Å². The van der Waals surface area contributed by atoms with Gasteiger partial charge in [0.05, 0.1) is 37.6 Å². The highest BCUT2D eigenvalue weighted by Crippen LogP contribution is 2.93. The number of hydrogen-bond donors (Lipinski definition) is 2. The van der Waals surface area contributed by atoms with E-state index in [4.69, 9.17) is 14.6 Å². The van der Waals surface area contributed by atoms with Crippen LogP contribution >= 0.6 is 0 Å². The highest BCUT2D eigenvalue weighted by atomic mass is 16.5. The second kappa shape index (κ2) is 7.59. The molecule has 2 heterocycles. The first-order chi connectivity index (χ1) is 17.4. The fraction of sp³-hybridized carbons (Fsp3) is 0.935. The van der Waals surface area contributed by atoms with Gasteiger partial charge in [0.2, 0.25) is 0 Å². The summed E-state index contributed by atoms with van der Waals surface area (Å²) in [5.74, 6) is 3.99. The van der Waals surface area contributed by atoms with E-state index in [0.717, 1.165) is 43.7 Å². The van der Waals surface area contributed by atoms with Gasteiger partial charge in [-0.25, -0.2) is 0 Å². The predicted molar refractivity (Wildman–Crippen MR) is 137 cm³/mol. The summed E-state index contributed by atoms with van der Waals surface area (Å²) in [6.45, 7) is 8.40. The predicted octanol–water partition coefficient (Wildman–Crippen LogP) is 4.17. The van der Waals surface area contributed by atoms with Crippen LogP contribution in [0.15, 0.2) is 11.6 Å². The van der Waals surface area contributed by atoms with Gasteiger partial charge in [-0.1, -0.05) is 25.5 Å². The minimum absolute atomic E-state index is 0.111. The van der Waals surface area contributed by atoms with Gasteiger partial charge in [-0.2, -0.15) is 0 Å². The van der Waals surface area contributed by atoms with Crippen LogP contribution in [0.3, 0.4) is 0 Å². The molecule has 4 unspecified atom stereocenters. The molecule has 200 valence electrons. The maximum Gasteiger partial charge on any atom is 0.0793 e. The van der Waals surface area contributed by atoms with Crippen LogP contribution in [-0.4, -0.2) is 71.9 Å². The Balaban J connectivity index is 1.06. The van der Waals surface area contributed by atoms with Gasteiger partial charge in [-0.15, -0.1) is 0 Å². The molecule has 3 spiro atoms. The van der Waals surface area contributed by atoms with Crippen molar-refractivity contribution in [3.63, 3.8) is 0 Å². The molecule has 2 N–H and O–H groups in total. The van der Waals surface area contributed by atoms with Crippen molar-refractivity contribution in [2.45, 2.75) is 102 Å². The molecule has 8 rings (SSSR count). The minimum Gasteiger partial charge on any atom is -0.394 e. The average Bonchev–Trinajstić information content (AvgIpc) is 3.33. The molecule has 7 fully saturated rings. The van der Waals surface area contributed by atoms with Crippen LogP contribution in [-0.2, 0) is 9.47 Å². The number of hydrogen-bond acceptors (Lipinski definition) is 5. The van der Waals surface area contributed by atoms with Gasteiger partial charge < -0.3 is 19.7 Å². The molecule has 12 atom stereocenters. The third-order valence-electron chi connectivity index (χ3n) is 13.7. The highest BCUT2D eigenvalue weighted by molar-refractivity contribution is 5.42. The number of nitrogens with zero attached hydrogens (tertiary/aromatic N) is 1. The molecule has 2 aliphatic heterocycles. The lowest BCUT2D eigenvalue weighted by Crippen LogP contribution is -2.64. The molecule has 5 nitrogen and oxygen atoms in total. The summed E-state index contributed by atoms with van der Waals surface area (Å²) in [7, 11) is 0. The molecule has 8 aliphatic rings. The molecular weight excluding hydrogens is 450 g/mol. The third-order valence-corrected chi connectivity index (χ3v) is 13.7. The van der Waals surface area contributed by atoms with Crippen LogP contribution in [0, 0.1) is 45.8 Å². The van der Waals surface area contributed by atoms with E-state index in [0.29, 0.717) is 46.8 Å². The molecule has 2 saturated heterocycles. The molecule has 5 saturated carbocycles. The zero-order valence-electron chi connectivity index (χ0n) is 22.5. The van der Waals surface area contributed by atoms with E-state index in [2.05, 4.69) is 24.8 Å². The van der Waals surface area contributed by atoms with Crippen LogP contribution < -0.4 is 0 Å². The monoisotopic (exact) mass is 497 g/mol. The molecule has 0 radical (unpaired) electrons. The Morgan fingerprint density at radius 2 is 2.03 bits per heavy atom. The summed E-state index contributed by atoms with van der Waals surface area (Å²) in [4.78, 5) is 2.72. The van der Waals surface area contributed by atoms with Gasteiger partial charge >= 0.3 is 0 Å². The number of ether oxygens (including phenoxy) is 2. The van der Waals surface area contributed by atoms with Gasteiger partial charge in [-0.05, 0) is 98.7 Å². The van der Waals surface area contributed by atoms with Crippen molar-refractivity contribution in [2.75, 3.05) is 32.9 Å². The van der Waals surface area contributed by atoms with Gasteiger partial charge in [0.1, 0.15) is 0 Å². The summed E-state index contributed by atoms with van der Waals surface area (Å²) in [6, 6.07) is 0.577. The highest BCUT2D eigenvalue weighted by Gasteiger charge is 2.91. The quantitative estimate of drug-likeness (QED) is 0.441. The van der Waals surface area contributed by atoms with E-state index in [9.17, 15) is 5.11 Å². The van der Waals surface area contributed by atoms with Crippen molar-refractivity contribution >= 4 is 0 Å². The Hall–Kier alpha value is -0.460. The van der Waals surface area contributed by atoms with E-state index in [-0.39, 0.29) is 18.3 Å². The lowest BCUT2D eigenvalue weighted by atomic mass is 9.47. The number of aliphatic hydroxyl groups excluding tert-OH is 2. The first-order valence-electron chi connectivity index (χ1n) is 15.4. The van der Waals surface area contributed by atoms with Crippen LogP contribution in [0.25, 0.3) is 0 Å². The van der Waals surface area contributed by atoms with Crippen LogP contribution in [0.4, 0.5) is 0 Å². The van der Waals surface area contributed by atoms with Crippen molar-refractivity contribution in [1.29, 1.82) is 0 Å². The summed E-state index contributed by atoms with van der Waals surface area (Å²) >= 11 is 0. The number of allylic oxidation sites excluding steroid dienone is 1. The number of likely N-dealkylation sites (tertiary alicyclic amines) is 1. The molecule has 5 heteroatoms. The van der Waals surface area contributed by atoms with E-state index < -0.39 is 0 Å². The lowest BCUT2D eigenvalue weighted by molar-refractivity contribution is -0.211. The Morgan fingerprint density at radius 3 is 2.89 bits per heavy atom. The van der Waals surface area contributed by atoms with E-state index in [1.807, 2.05) is 0 Å². The topological polar surface area (TPSA) is 62.2 Å². The Kier molecular flexibility index (Phi) is 4.94. The first kappa shape index (κ1) is 23.4. The molecular formula is C31H47NO4. The Bertz CT molecular complexity index is 968. The van der Waals surface area contributed by atoms with E-state index >= 15 is 0 Å². The summed E-state index contributed by atoms with van der Waals surface area (Å²) in [6.07, 6.45) is 15.5. The Labute approximate surface area is 217 Å². The standard InChI is InChI=1S/C31H47NO4/c1-19-13-26-27(32(17-19)9-11-35-12-10-33)25-16-30-18-29(30)15-24-22(23(29)6-8-31(25,30)36-26)4-3-20-14-21(34)5-7-28(20,24)2/h3,19,21-27,33-34H,4-18H2,1-2H3/t19-,21?,22-,23-,24-,25+,26?,27-,28-,29?,30?,31+/m0/s1. The Morgan fingerprint density at radius 1 is 1.14 bits per heavy atom. The molecule has 0 aromatic heterocycles. The maximum absolute atomic E-state index is 10.4. The maximum atomic E-state index is 10.4.